The summed E-state index contributed by atoms with van der Waals surface area (Å²) in [7, 11) is 0. The van der Waals surface area contributed by atoms with Crippen molar-refractivity contribution in [2.75, 3.05) is 30.3 Å². The number of hydrogen-bond donors (Lipinski definition) is 2. The van der Waals surface area contributed by atoms with Crippen LogP contribution < -0.4 is 10.6 Å². The van der Waals surface area contributed by atoms with E-state index in [1.54, 1.807) is 24.5 Å². The molecule has 1 aliphatic heterocycles. The molecule has 1 saturated heterocycles. The Kier molecular flexibility index (Phi) is 8.38. The van der Waals surface area contributed by atoms with Crippen LogP contribution >= 0.6 is 23.2 Å². The Labute approximate surface area is 258 Å². The number of rotatable bonds is 8. The van der Waals surface area contributed by atoms with Crippen molar-refractivity contribution in [1.29, 1.82) is 5.26 Å². The van der Waals surface area contributed by atoms with Crippen LogP contribution in [0.5, 0.6) is 0 Å². The molecule has 0 bridgehead atoms. The van der Waals surface area contributed by atoms with Crippen molar-refractivity contribution < 1.29 is 4.39 Å². The Morgan fingerprint density at radius 1 is 1.09 bits per heavy atom. The molecule has 1 unspecified atom stereocenters. The van der Waals surface area contributed by atoms with Crippen molar-refractivity contribution in [2.45, 2.75) is 31.8 Å². The standard InChI is InChI=1S/C31H28Cl2FN9/c1-2-42-10-7-23(8-11-42)43-18-28(40-41-43)30(19-4-3-9-36-16-19)39-22-12-24-29(38-21-5-6-27(34)25(32)13-21)20(15-35)17-37-31(24)26(33)14-22/h3-6,9,12-14,16-18,23,30,39H,2,7-8,10-11H2,1H3,(H,37,38). The summed E-state index contributed by atoms with van der Waals surface area (Å²) < 4.78 is 15.8. The lowest BCUT2D eigenvalue weighted by Crippen LogP contribution is -2.34. The third-order valence-electron chi connectivity index (χ3n) is 7.77. The number of anilines is 3. The predicted molar refractivity (Wildman–Crippen MR) is 166 cm³/mol. The number of nitriles is 1. The fourth-order valence-corrected chi connectivity index (χ4v) is 5.87. The van der Waals surface area contributed by atoms with Crippen LogP contribution in [0.15, 0.2) is 67.3 Å². The number of nitrogens with one attached hydrogen (secondary N) is 2. The van der Waals surface area contributed by atoms with E-state index in [1.165, 1.54) is 18.3 Å². The van der Waals surface area contributed by atoms with E-state index in [2.05, 4.69) is 48.8 Å². The molecule has 0 radical (unpaired) electrons. The van der Waals surface area contributed by atoms with Crippen LogP contribution in [0, 0.1) is 17.1 Å². The molecule has 12 heteroatoms. The molecule has 0 spiro atoms. The fourth-order valence-electron chi connectivity index (χ4n) is 5.42. The summed E-state index contributed by atoms with van der Waals surface area (Å²) >= 11 is 12.8. The van der Waals surface area contributed by atoms with E-state index in [9.17, 15) is 9.65 Å². The van der Waals surface area contributed by atoms with E-state index in [4.69, 9.17) is 23.2 Å². The van der Waals surface area contributed by atoms with Gasteiger partial charge in [-0.25, -0.2) is 9.07 Å². The molecule has 6 rings (SSSR count). The number of piperidine rings is 1. The minimum absolute atomic E-state index is 0.0365. The lowest BCUT2D eigenvalue weighted by Gasteiger charge is -2.30. The number of pyridine rings is 2. The van der Waals surface area contributed by atoms with Crippen molar-refractivity contribution in [2.24, 2.45) is 0 Å². The number of halogens is 3. The van der Waals surface area contributed by atoms with E-state index in [0.29, 0.717) is 38.6 Å². The summed E-state index contributed by atoms with van der Waals surface area (Å²) in [5.41, 5.74) is 4.10. The summed E-state index contributed by atoms with van der Waals surface area (Å²) in [5.74, 6) is -0.536. The third-order valence-corrected chi connectivity index (χ3v) is 8.34. The molecule has 3 aromatic heterocycles. The highest BCUT2D eigenvalue weighted by Crippen LogP contribution is 2.37. The average Bonchev–Trinajstić information content (AvgIpc) is 3.52. The van der Waals surface area contributed by atoms with Crippen LogP contribution in [0.2, 0.25) is 10.0 Å². The van der Waals surface area contributed by atoms with Crippen LogP contribution in [-0.2, 0) is 0 Å². The van der Waals surface area contributed by atoms with Crippen LogP contribution in [0.4, 0.5) is 21.5 Å². The summed E-state index contributed by atoms with van der Waals surface area (Å²) in [6, 6.07) is 13.9. The van der Waals surface area contributed by atoms with Crippen molar-refractivity contribution in [3.05, 3.63) is 99.9 Å². The lowest BCUT2D eigenvalue weighted by molar-refractivity contribution is 0.186. The molecular formula is C31H28Cl2FN9. The highest BCUT2D eigenvalue weighted by Gasteiger charge is 2.24. The molecule has 5 aromatic rings. The zero-order valence-corrected chi connectivity index (χ0v) is 24.8. The predicted octanol–water partition coefficient (Wildman–Crippen LogP) is 7.14. The molecule has 2 N–H and O–H groups in total. The Hall–Kier alpha value is -4.30. The van der Waals surface area contributed by atoms with Gasteiger partial charge in [0.2, 0.25) is 0 Å². The Balaban J connectivity index is 1.37. The Morgan fingerprint density at radius 2 is 1.91 bits per heavy atom. The summed E-state index contributed by atoms with van der Waals surface area (Å²) in [6.07, 6.45) is 9.01. The van der Waals surface area contributed by atoms with Gasteiger partial charge in [0.15, 0.2) is 0 Å². The minimum atomic E-state index is -0.536. The van der Waals surface area contributed by atoms with Crippen molar-refractivity contribution in [1.82, 2.24) is 29.9 Å². The van der Waals surface area contributed by atoms with Crippen molar-refractivity contribution >= 4 is 51.2 Å². The number of hydrogen-bond acceptors (Lipinski definition) is 8. The second-order valence-corrected chi connectivity index (χ2v) is 11.2. The maximum atomic E-state index is 13.8. The normalized spacial score (nSPS) is 14.9. The number of aromatic nitrogens is 5. The van der Waals surface area contributed by atoms with E-state index in [1.807, 2.05) is 29.1 Å². The summed E-state index contributed by atoms with van der Waals surface area (Å²) in [4.78, 5) is 11.2. The van der Waals surface area contributed by atoms with Gasteiger partial charge in [-0.15, -0.1) is 5.10 Å². The summed E-state index contributed by atoms with van der Waals surface area (Å²) in [5, 5.41) is 26.7. The average molecular weight is 617 g/mol. The Morgan fingerprint density at radius 3 is 2.63 bits per heavy atom. The van der Waals surface area contributed by atoms with E-state index in [-0.39, 0.29) is 17.1 Å². The first-order valence-electron chi connectivity index (χ1n) is 14.0. The largest absolute Gasteiger partial charge is 0.373 e. The molecule has 0 aliphatic carbocycles. The number of likely N-dealkylation sites (tertiary alicyclic amines) is 1. The molecule has 4 heterocycles. The van der Waals surface area contributed by atoms with Crippen molar-refractivity contribution in [3.8, 4) is 6.07 Å². The zero-order chi connectivity index (χ0) is 29.9. The van der Waals surface area contributed by atoms with Gasteiger partial charge in [0.05, 0.1) is 45.1 Å². The molecule has 1 fully saturated rings. The second kappa shape index (κ2) is 12.5. The van der Waals surface area contributed by atoms with Crippen LogP contribution in [0.3, 0.4) is 0 Å². The maximum Gasteiger partial charge on any atom is 0.141 e. The van der Waals surface area contributed by atoms with Crippen LogP contribution in [0.25, 0.3) is 10.9 Å². The topological polar surface area (TPSA) is 108 Å². The minimum Gasteiger partial charge on any atom is -0.373 e. The van der Waals surface area contributed by atoms with Crippen LogP contribution in [0.1, 0.15) is 48.7 Å². The van der Waals surface area contributed by atoms with E-state index >= 15 is 0 Å². The maximum absolute atomic E-state index is 13.8. The van der Waals surface area contributed by atoms with Gasteiger partial charge in [-0.05, 0) is 61.3 Å². The smallest absolute Gasteiger partial charge is 0.141 e. The molecule has 2 aromatic carbocycles. The molecule has 1 atom stereocenters. The highest BCUT2D eigenvalue weighted by atomic mass is 35.5. The lowest BCUT2D eigenvalue weighted by atomic mass is 10.0. The molecule has 1 aliphatic rings. The number of nitrogens with zero attached hydrogens (tertiary/aromatic N) is 7. The van der Waals surface area contributed by atoms with Gasteiger partial charge in [0, 0.05) is 48.4 Å². The van der Waals surface area contributed by atoms with Gasteiger partial charge >= 0.3 is 0 Å². The Bertz CT molecular complexity index is 1800. The monoisotopic (exact) mass is 615 g/mol. The first-order chi connectivity index (χ1) is 20.9. The highest BCUT2D eigenvalue weighted by molar-refractivity contribution is 6.36. The fraction of sp³-hybridized carbons (Fsp3) is 0.258. The van der Waals surface area contributed by atoms with Gasteiger partial charge in [-0.1, -0.05) is 41.4 Å². The van der Waals surface area contributed by atoms with Gasteiger partial charge in [0.1, 0.15) is 17.6 Å². The molecular weight excluding hydrogens is 588 g/mol. The quantitative estimate of drug-likeness (QED) is 0.190. The first-order valence-corrected chi connectivity index (χ1v) is 14.7. The molecule has 0 saturated carbocycles. The van der Waals surface area contributed by atoms with E-state index in [0.717, 1.165) is 43.7 Å². The number of benzene rings is 2. The van der Waals surface area contributed by atoms with Gasteiger partial charge in [-0.2, -0.15) is 5.26 Å². The second-order valence-electron chi connectivity index (χ2n) is 10.4. The molecule has 9 nitrogen and oxygen atoms in total. The zero-order valence-electron chi connectivity index (χ0n) is 23.3. The molecule has 0 amide bonds. The molecule has 218 valence electrons. The summed E-state index contributed by atoms with van der Waals surface area (Å²) in [6.45, 7) is 5.31. The van der Waals surface area contributed by atoms with E-state index < -0.39 is 5.82 Å². The van der Waals surface area contributed by atoms with Gasteiger partial charge in [0.25, 0.3) is 0 Å². The van der Waals surface area contributed by atoms with Crippen molar-refractivity contribution in [3.63, 3.8) is 0 Å². The SMILES string of the molecule is CCN1CCC(n2cc(C(Nc3cc(Cl)c4ncc(C#N)c(Nc5ccc(F)c(Cl)c5)c4c3)c3cccnc3)nn2)CC1. The third kappa shape index (κ3) is 6.11. The molecule has 43 heavy (non-hydrogen) atoms. The van der Waals surface area contributed by atoms with Gasteiger partial charge < -0.3 is 15.5 Å². The number of fused-ring (bicyclic) bond motifs is 1. The van der Waals surface area contributed by atoms with Gasteiger partial charge in [-0.3, -0.25) is 9.97 Å². The first kappa shape index (κ1) is 28.8. The van der Waals surface area contributed by atoms with Crippen LogP contribution in [-0.4, -0.2) is 49.5 Å².